The van der Waals surface area contributed by atoms with Crippen LogP contribution in [0.2, 0.25) is 0 Å². The van der Waals surface area contributed by atoms with Crippen molar-refractivity contribution in [2.75, 3.05) is 13.2 Å². The van der Waals surface area contributed by atoms with Crippen LogP contribution in [0.3, 0.4) is 0 Å². The van der Waals surface area contributed by atoms with Gasteiger partial charge in [-0.25, -0.2) is 0 Å². The van der Waals surface area contributed by atoms with Crippen molar-refractivity contribution in [1.29, 1.82) is 0 Å². The average molecular weight is 1140 g/mol. The lowest BCUT2D eigenvalue weighted by Gasteiger charge is -2.18. The summed E-state index contributed by atoms with van der Waals surface area (Å²) in [7, 11) is 0. The predicted molar refractivity (Wildman–Crippen MR) is 357 cm³/mol. The topological polar surface area (TPSA) is 78.9 Å². The highest BCUT2D eigenvalue weighted by Gasteiger charge is 2.19. The van der Waals surface area contributed by atoms with Crippen LogP contribution in [0.1, 0.15) is 335 Å². The van der Waals surface area contributed by atoms with Crippen LogP contribution in [0.4, 0.5) is 0 Å². The molecule has 1 atom stereocenters. The van der Waals surface area contributed by atoms with E-state index in [1.54, 1.807) is 0 Å². The fourth-order valence-corrected chi connectivity index (χ4v) is 9.83. The number of esters is 3. The summed E-state index contributed by atoms with van der Waals surface area (Å²) >= 11 is 0. The Labute approximate surface area is 508 Å². The Morgan fingerprint density at radius 2 is 0.476 bits per heavy atom. The highest BCUT2D eigenvalue weighted by molar-refractivity contribution is 5.71. The lowest BCUT2D eigenvalue weighted by molar-refractivity contribution is -0.167. The molecule has 0 aliphatic carbocycles. The number of unbranched alkanes of at least 4 members (excludes halogenated alkanes) is 34. The molecule has 0 aliphatic rings. The normalized spacial score (nSPS) is 12.8. The molecule has 0 aromatic heterocycles. The second-order valence-electron chi connectivity index (χ2n) is 23.0. The average Bonchev–Trinajstić information content (AvgIpc) is 3.47. The summed E-state index contributed by atoms with van der Waals surface area (Å²) in [5, 5.41) is 0. The molecule has 82 heavy (non-hydrogen) atoms. The van der Waals surface area contributed by atoms with Gasteiger partial charge < -0.3 is 14.2 Å². The minimum atomic E-state index is -0.787. The Morgan fingerprint density at radius 3 is 0.756 bits per heavy atom. The molecule has 1 unspecified atom stereocenters. The monoisotopic (exact) mass is 1140 g/mol. The highest BCUT2D eigenvalue weighted by Crippen LogP contribution is 2.17. The minimum absolute atomic E-state index is 0.0822. The maximum Gasteiger partial charge on any atom is 0.306 e. The molecule has 6 heteroatoms. The molecule has 0 saturated carbocycles. The molecular weight excluding hydrogens is 1010 g/mol. The Balaban J connectivity index is 4.20. The van der Waals surface area contributed by atoms with Crippen LogP contribution < -0.4 is 0 Å². The van der Waals surface area contributed by atoms with E-state index in [1.165, 1.54) is 173 Å². The van der Waals surface area contributed by atoms with Gasteiger partial charge in [0.25, 0.3) is 0 Å². The van der Waals surface area contributed by atoms with Gasteiger partial charge in [0, 0.05) is 19.3 Å². The van der Waals surface area contributed by atoms with Crippen LogP contribution in [0.15, 0.2) is 109 Å². The minimum Gasteiger partial charge on any atom is -0.462 e. The second kappa shape index (κ2) is 69.6. The van der Waals surface area contributed by atoms with Gasteiger partial charge in [0.05, 0.1) is 0 Å². The zero-order valence-corrected chi connectivity index (χ0v) is 54.0. The molecule has 0 amide bonds. The third kappa shape index (κ3) is 66.9. The zero-order valence-electron chi connectivity index (χ0n) is 54.0. The summed E-state index contributed by atoms with van der Waals surface area (Å²) in [6.45, 7) is 6.42. The van der Waals surface area contributed by atoms with Crippen LogP contribution in [-0.4, -0.2) is 37.2 Å². The van der Waals surface area contributed by atoms with Gasteiger partial charge in [0.2, 0.25) is 0 Å². The Kier molecular flexibility index (Phi) is 66.2. The summed E-state index contributed by atoms with van der Waals surface area (Å²) in [6.07, 6.45) is 95.5. The largest absolute Gasteiger partial charge is 0.462 e. The van der Waals surface area contributed by atoms with Crippen LogP contribution in [0, 0.1) is 0 Å². The number of carbonyl (C=O) groups excluding carboxylic acids is 3. The van der Waals surface area contributed by atoms with E-state index >= 15 is 0 Å². The van der Waals surface area contributed by atoms with E-state index in [0.29, 0.717) is 19.3 Å². The fraction of sp³-hybridized carbons (Fsp3) is 0.724. The molecule has 0 aromatic carbocycles. The van der Waals surface area contributed by atoms with Crippen molar-refractivity contribution < 1.29 is 28.6 Å². The van der Waals surface area contributed by atoms with Crippen LogP contribution in [-0.2, 0) is 28.6 Å². The van der Waals surface area contributed by atoms with E-state index in [1.807, 2.05) is 0 Å². The highest BCUT2D eigenvalue weighted by atomic mass is 16.6. The van der Waals surface area contributed by atoms with Gasteiger partial charge in [0.15, 0.2) is 6.10 Å². The van der Waals surface area contributed by atoms with Crippen molar-refractivity contribution >= 4 is 17.9 Å². The molecule has 6 nitrogen and oxygen atoms in total. The summed E-state index contributed by atoms with van der Waals surface area (Å²) in [6, 6.07) is 0. The van der Waals surface area contributed by atoms with Gasteiger partial charge in [-0.15, -0.1) is 0 Å². The van der Waals surface area contributed by atoms with Gasteiger partial charge in [-0.1, -0.05) is 304 Å². The SMILES string of the molecule is CC/C=C\C/C=C\C/C=C\C/C=C\C/C=C\CCCCCCCCCCCCCCCCCCCC(=O)OCC(COC(=O)CCCCCCC/C=C\CCCCCCC)OC(=O)CCCCCCCCC/C=C\C/C=C\C/C=C\CC. The molecular formula is C76H130O6. The molecule has 0 aliphatic heterocycles. The lowest BCUT2D eigenvalue weighted by Crippen LogP contribution is -2.30. The molecule has 0 N–H and O–H groups in total. The number of carbonyl (C=O) groups is 3. The molecule has 0 saturated heterocycles. The first-order valence-electron chi connectivity index (χ1n) is 34.9. The number of ether oxygens (including phenoxy) is 3. The van der Waals surface area contributed by atoms with Crippen molar-refractivity contribution in [3.63, 3.8) is 0 Å². The van der Waals surface area contributed by atoms with Crippen molar-refractivity contribution in [1.82, 2.24) is 0 Å². The quantitative estimate of drug-likeness (QED) is 0.0261. The van der Waals surface area contributed by atoms with Gasteiger partial charge in [-0.05, 0) is 122 Å². The van der Waals surface area contributed by atoms with Crippen molar-refractivity contribution in [2.45, 2.75) is 341 Å². The molecule has 0 heterocycles. The summed E-state index contributed by atoms with van der Waals surface area (Å²) in [5.41, 5.74) is 0. The van der Waals surface area contributed by atoms with Crippen LogP contribution in [0.5, 0.6) is 0 Å². The number of hydrogen-bond acceptors (Lipinski definition) is 6. The first kappa shape index (κ1) is 78.1. The molecule has 0 aromatic rings. The van der Waals surface area contributed by atoms with Crippen molar-refractivity contribution in [3.05, 3.63) is 109 Å². The summed E-state index contributed by atoms with van der Waals surface area (Å²) in [5.74, 6) is -0.888. The Morgan fingerprint density at radius 1 is 0.256 bits per heavy atom. The molecule has 470 valence electrons. The van der Waals surface area contributed by atoms with Crippen molar-refractivity contribution in [3.8, 4) is 0 Å². The van der Waals surface area contributed by atoms with E-state index in [-0.39, 0.29) is 31.1 Å². The van der Waals surface area contributed by atoms with Crippen LogP contribution in [0.25, 0.3) is 0 Å². The standard InChI is InChI=1S/C76H130O6/c1-4-7-10-13-16-19-22-25-28-30-31-32-33-34-35-36-37-38-39-40-41-42-43-44-45-47-48-51-54-57-60-63-66-69-75(78)81-72-73(71-80-74(77)68-65-62-59-56-53-50-27-24-21-18-15-12-9-6-3)82-76(79)70-67-64-61-58-55-52-49-46-29-26-23-20-17-14-11-8-5-2/h7-8,10-11,16-17,19-20,24-29,31-32,34-35,73H,4-6,9,12-15,18,21-23,30,33,36-72H2,1-3H3/b10-7-,11-8-,19-16-,20-17-,27-24-,28-25-,29-26-,32-31-,35-34-. The smallest absolute Gasteiger partial charge is 0.306 e. The lowest BCUT2D eigenvalue weighted by atomic mass is 10.0. The van der Waals surface area contributed by atoms with Gasteiger partial charge in [0.1, 0.15) is 13.2 Å². The van der Waals surface area contributed by atoms with E-state index in [0.717, 1.165) is 122 Å². The molecule has 0 spiro atoms. The third-order valence-corrected chi connectivity index (χ3v) is 15.0. The maximum absolute atomic E-state index is 12.9. The van der Waals surface area contributed by atoms with E-state index in [9.17, 15) is 14.4 Å². The second-order valence-corrected chi connectivity index (χ2v) is 23.0. The molecule has 0 bridgehead atoms. The molecule has 0 radical (unpaired) electrons. The Bertz CT molecular complexity index is 1640. The first-order chi connectivity index (χ1) is 40.5. The van der Waals surface area contributed by atoms with E-state index in [2.05, 4.69) is 130 Å². The predicted octanol–water partition coefficient (Wildman–Crippen LogP) is 24.2. The number of hydrogen-bond donors (Lipinski definition) is 0. The number of rotatable bonds is 63. The summed E-state index contributed by atoms with van der Waals surface area (Å²) in [4.78, 5) is 38.4. The van der Waals surface area contributed by atoms with Crippen LogP contribution >= 0.6 is 0 Å². The van der Waals surface area contributed by atoms with E-state index in [4.69, 9.17) is 14.2 Å². The maximum atomic E-state index is 12.9. The molecule has 0 fully saturated rings. The summed E-state index contributed by atoms with van der Waals surface area (Å²) < 4.78 is 17.0. The van der Waals surface area contributed by atoms with E-state index < -0.39 is 6.10 Å². The number of allylic oxidation sites excluding steroid dienone is 18. The van der Waals surface area contributed by atoms with Gasteiger partial charge >= 0.3 is 17.9 Å². The zero-order chi connectivity index (χ0) is 59.2. The van der Waals surface area contributed by atoms with Crippen molar-refractivity contribution in [2.24, 2.45) is 0 Å². The van der Waals surface area contributed by atoms with Gasteiger partial charge in [-0.3, -0.25) is 14.4 Å². The third-order valence-electron chi connectivity index (χ3n) is 15.0. The molecule has 0 rings (SSSR count). The Hall–Kier alpha value is -3.93. The fourth-order valence-electron chi connectivity index (χ4n) is 9.83. The van der Waals surface area contributed by atoms with Gasteiger partial charge in [-0.2, -0.15) is 0 Å². The first-order valence-corrected chi connectivity index (χ1v) is 34.9.